The Morgan fingerprint density at radius 1 is 1.20 bits per heavy atom. The van der Waals surface area contributed by atoms with E-state index >= 15 is 0 Å². The summed E-state index contributed by atoms with van der Waals surface area (Å²) >= 11 is 9.59. The van der Waals surface area contributed by atoms with Crippen LogP contribution in [0.3, 0.4) is 0 Å². The number of anilines is 1. The third-order valence-electron chi connectivity index (χ3n) is 3.05. The normalized spacial score (nSPS) is 12.0. The van der Waals surface area contributed by atoms with E-state index in [1.54, 1.807) is 7.11 Å². The topological polar surface area (TPSA) is 21.3 Å². The number of methoxy groups -OCH3 is 1. The summed E-state index contributed by atoms with van der Waals surface area (Å²) < 4.78 is 6.07. The zero-order valence-electron chi connectivity index (χ0n) is 11.5. The van der Waals surface area contributed by atoms with Crippen LogP contribution < -0.4 is 10.1 Å². The Kier molecular flexibility index (Phi) is 5.32. The van der Waals surface area contributed by atoms with Crippen LogP contribution in [0, 0.1) is 0 Å². The Morgan fingerprint density at radius 2 is 1.90 bits per heavy atom. The van der Waals surface area contributed by atoms with Crippen molar-refractivity contribution < 1.29 is 4.74 Å². The molecule has 0 bridgehead atoms. The van der Waals surface area contributed by atoms with Crippen LogP contribution in [0.4, 0.5) is 5.69 Å². The van der Waals surface area contributed by atoms with Gasteiger partial charge in [0.1, 0.15) is 5.75 Å². The monoisotopic (exact) mass is 353 g/mol. The molecule has 0 aliphatic carbocycles. The molecule has 0 radical (unpaired) electrons. The van der Waals surface area contributed by atoms with Crippen molar-refractivity contribution in [2.24, 2.45) is 0 Å². The molecule has 2 aromatic rings. The minimum Gasteiger partial charge on any atom is -0.497 e. The fraction of sp³-hybridized carbons (Fsp3) is 0.250. The number of ether oxygens (including phenoxy) is 1. The van der Waals surface area contributed by atoms with Crippen molar-refractivity contribution in [3.8, 4) is 5.75 Å². The molecule has 4 heteroatoms. The first kappa shape index (κ1) is 15.2. The molecule has 0 aliphatic heterocycles. The smallest absolute Gasteiger partial charge is 0.118 e. The van der Waals surface area contributed by atoms with E-state index in [2.05, 4.69) is 40.3 Å². The van der Waals surface area contributed by atoms with Crippen LogP contribution in [0.5, 0.6) is 5.75 Å². The van der Waals surface area contributed by atoms with Crippen molar-refractivity contribution >= 4 is 33.2 Å². The zero-order valence-corrected chi connectivity index (χ0v) is 13.8. The number of halogens is 2. The molecule has 0 fully saturated rings. The Labute approximate surface area is 133 Å². The molecule has 0 spiro atoms. The maximum atomic E-state index is 6.09. The number of hydrogen-bond acceptors (Lipinski definition) is 2. The second-order valence-electron chi connectivity index (χ2n) is 4.70. The summed E-state index contributed by atoms with van der Waals surface area (Å²) in [7, 11) is 1.68. The van der Waals surface area contributed by atoms with Gasteiger partial charge in [-0.05, 0) is 59.1 Å². The summed E-state index contributed by atoms with van der Waals surface area (Å²) in [6.07, 6.45) is 0.933. The molecular weight excluding hydrogens is 338 g/mol. The molecule has 2 nitrogen and oxygen atoms in total. The van der Waals surface area contributed by atoms with E-state index in [0.717, 1.165) is 22.3 Å². The Balaban J connectivity index is 2.01. The van der Waals surface area contributed by atoms with Gasteiger partial charge in [0.05, 0.1) is 22.3 Å². The first-order valence-electron chi connectivity index (χ1n) is 6.43. The van der Waals surface area contributed by atoms with Gasteiger partial charge in [0.25, 0.3) is 0 Å². The Morgan fingerprint density at radius 3 is 2.55 bits per heavy atom. The highest BCUT2D eigenvalue weighted by molar-refractivity contribution is 9.10. The predicted octanol–water partition coefficient (Wildman–Crippen LogP) is 5.15. The lowest BCUT2D eigenvalue weighted by Gasteiger charge is -2.17. The lowest BCUT2D eigenvalue weighted by Crippen LogP contribution is -2.18. The summed E-state index contributed by atoms with van der Waals surface area (Å²) in [6, 6.07) is 14.3. The van der Waals surface area contributed by atoms with Gasteiger partial charge in [-0.2, -0.15) is 0 Å². The van der Waals surface area contributed by atoms with Gasteiger partial charge in [-0.15, -0.1) is 0 Å². The van der Waals surface area contributed by atoms with E-state index in [1.165, 1.54) is 5.56 Å². The summed E-state index contributed by atoms with van der Waals surface area (Å²) in [4.78, 5) is 0. The lowest BCUT2D eigenvalue weighted by atomic mass is 10.1. The molecule has 0 saturated heterocycles. The van der Waals surface area contributed by atoms with E-state index in [0.29, 0.717) is 11.1 Å². The van der Waals surface area contributed by atoms with Crippen molar-refractivity contribution in [2.45, 2.75) is 19.4 Å². The second-order valence-corrected chi connectivity index (χ2v) is 5.90. The average Bonchev–Trinajstić information content (AvgIpc) is 2.45. The highest BCUT2D eigenvalue weighted by Gasteiger charge is 2.08. The molecule has 0 saturated carbocycles. The number of nitrogens with one attached hydrogen (secondary N) is 1. The second kappa shape index (κ2) is 7.00. The van der Waals surface area contributed by atoms with Gasteiger partial charge >= 0.3 is 0 Å². The van der Waals surface area contributed by atoms with Crippen molar-refractivity contribution in [2.75, 3.05) is 12.4 Å². The minimum absolute atomic E-state index is 0.304. The fourth-order valence-corrected chi connectivity index (χ4v) is 2.60. The number of rotatable bonds is 5. The molecule has 1 unspecified atom stereocenters. The highest BCUT2D eigenvalue weighted by atomic mass is 79.9. The maximum absolute atomic E-state index is 6.09. The van der Waals surface area contributed by atoms with Gasteiger partial charge < -0.3 is 10.1 Å². The van der Waals surface area contributed by atoms with Crippen LogP contribution >= 0.6 is 27.5 Å². The van der Waals surface area contributed by atoms with Crippen molar-refractivity contribution in [3.05, 3.63) is 57.5 Å². The van der Waals surface area contributed by atoms with Gasteiger partial charge in [0.15, 0.2) is 0 Å². The lowest BCUT2D eigenvalue weighted by molar-refractivity contribution is 0.414. The standard InChI is InChI=1S/C16H17BrClNO/c1-11(10-12-6-8-13(20-2)9-7-12)19-15-5-3-4-14(18)16(15)17/h3-9,11,19H,10H2,1-2H3. The minimum atomic E-state index is 0.304. The van der Waals surface area contributed by atoms with Gasteiger partial charge in [0, 0.05) is 6.04 Å². The molecule has 2 aromatic carbocycles. The van der Waals surface area contributed by atoms with Crippen LogP contribution in [0.2, 0.25) is 5.02 Å². The molecule has 20 heavy (non-hydrogen) atoms. The molecule has 0 aromatic heterocycles. The summed E-state index contributed by atoms with van der Waals surface area (Å²) in [5, 5.41) is 4.18. The molecule has 1 N–H and O–H groups in total. The summed E-state index contributed by atoms with van der Waals surface area (Å²) in [5.41, 5.74) is 2.28. The van der Waals surface area contributed by atoms with Crippen LogP contribution in [-0.4, -0.2) is 13.2 Å². The van der Waals surface area contributed by atoms with Gasteiger partial charge in [-0.1, -0.05) is 29.8 Å². The molecule has 2 rings (SSSR count). The fourth-order valence-electron chi connectivity index (χ4n) is 2.05. The Hall–Kier alpha value is -1.19. The van der Waals surface area contributed by atoms with Crippen molar-refractivity contribution in [1.82, 2.24) is 0 Å². The van der Waals surface area contributed by atoms with Crippen molar-refractivity contribution in [3.63, 3.8) is 0 Å². The van der Waals surface area contributed by atoms with Crippen LogP contribution in [0.25, 0.3) is 0 Å². The van der Waals surface area contributed by atoms with Gasteiger partial charge in [-0.25, -0.2) is 0 Å². The summed E-state index contributed by atoms with van der Waals surface area (Å²) in [6.45, 7) is 2.15. The molecule has 106 valence electrons. The third kappa shape index (κ3) is 3.90. The third-order valence-corrected chi connectivity index (χ3v) is 4.45. The molecular formula is C16H17BrClNO. The number of benzene rings is 2. The van der Waals surface area contributed by atoms with E-state index in [1.807, 2.05) is 30.3 Å². The molecule has 0 amide bonds. The van der Waals surface area contributed by atoms with Crippen LogP contribution in [0.15, 0.2) is 46.9 Å². The first-order chi connectivity index (χ1) is 9.60. The largest absolute Gasteiger partial charge is 0.497 e. The van der Waals surface area contributed by atoms with E-state index < -0.39 is 0 Å². The molecule has 0 aliphatic rings. The van der Waals surface area contributed by atoms with E-state index in [4.69, 9.17) is 16.3 Å². The predicted molar refractivity (Wildman–Crippen MR) is 88.9 cm³/mol. The molecule has 0 heterocycles. The van der Waals surface area contributed by atoms with Crippen LogP contribution in [0.1, 0.15) is 12.5 Å². The van der Waals surface area contributed by atoms with E-state index in [-0.39, 0.29) is 0 Å². The quantitative estimate of drug-likeness (QED) is 0.801. The SMILES string of the molecule is COc1ccc(CC(C)Nc2cccc(Cl)c2Br)cc1. The summed E-state index contributed by atoms with van der Waals surface area (Å²) in [5.74, 6) is 0.881. The van der Waals surface area contributed by atoms with E-state index in [9.17, 15) is 0 Å². The van der Waals surface area contributed by atoms with Gasteiger partial charge in [-0.3, -0.25) is 0 Å². The maximum Gasteiger partial charge on any atom is 0.118 e. The first-order valence-corrected chi connectivity index (χ1v) is 7.60. The van der Waals surface area contributed by atoms with Crippen LogP contribution in [-0.2, 0) is 6.42 Å². The Bertz CT molecular complexity index is 571. The molecule has 1 atom stereocenters. The average molecular weight is 355 g/mol. The number of hydrogen-bond donors (Lipinski definition) is 1. The zero-order chi connectivity index (χ0) is 14.5. The van der Waals surface area contributed by atoms with Gasteiger partial charge in [0.2, 0.25) is 0 Å². The van der Waals surface area contributed by atoms with Crippen molar-refractivity contribution in [1.29, 1.82) is 0 Å². The highest BCUT2D eigenvalue weighted by Crippen LogP contribution is 2.30.